The van der Waals surface area contributed by atoms with Crippen molar-refractivity contribution in [1.29, 1.82) is 0 Å². The highest BCUT2D eigenvalue weighted by Gasteiger charge is 2.22. The van der Waals surface area contributed by atoms with Crippen molar-refractivity contribution < 1.29 is 0 Å². The van der Waals surface area contributed by atoms with Gasteiger partial charge in [-0.3, -0.25) is 0 Å². The molecule has 1 aliphatic carbocycles. The van der Waals surface area contributed by atoms with Crippen molar-refractivity contribution in [2.24, 2.45) is 0 Å². The number of hydrogen-bond donors (Lipinski definition) is 1. The second-order valence-electron chi connectivity index (χ2n) is 4.84. The third kappa shape index (κ3) is 3.13. The summed E-state index contributed by atoms with van der Waals surface area (Å²) >= 11 is 3.55. The van der Waals surface area contributed by atoms with Gasteiger partial charge in [-0.1, -0.05) is 19.8 Å². The minimum atomic E-state index is 0.621. The molecule has 18 heavy (non-hydrogen) atoms. The van der Waals surface area contributed by atoms with Crippen LogP contribution in [0, 0.1) is 0 Å². The number of halogens is 1. The molecule has 4 nitrogen and oxygen atoms in total. The summed E-state index contributed by atoms with van der Waals surface area (Å²) in [5.74, 6) is 1.72. The second-order valence-corrected chi connectivity index (χ2v) is 5.70. The summed E-state index contributed by atoms with van der Waals surface area (Å²) in [6, 6.07) is 0.621. The van der Waals surface area contributed by atoms with E-state index in [0.29, 0.717) is 6.04 Å². The van der Waals surface area contributed by atoms with Gasteiger partial charge in [0, 0.05) is 25.8 Å². The molecule has 0 aromatic carbocycles. The molecule has 0 saturated heterocycles. The molecule has 1 heterocycles. The van der Waals surface area contributed by atoms with Gasteiger partial charge in [0.05, 0.1) is 4.47 Å². The summed E-state index contributed by atoms with van der Waals surface area (Å²) in [6.45, 7) is 3.05. The number of anilines is 2. The molecule has 1 fully saturated rings. The Morgan fingerprint density at radius 3 is 2.83 bits per heavy atom. The summed E-state index contributed by atoms with van der Waals surface area (Å²) < 4.78 is 0.971. The third-order valence-electron chi connectivity index (χ3n) is 3.47. The van der Waals surface area contributed by atoms with Crippen molar-refractivity contribution in [3.8, 4) is 0 Å². The van der Waals surface area contributed by atoms with Gasteiger partial charge in [-0.25, -0.2) is 4.98 Å². The van der Waals surface area contributed by atoms with Crippen LogP contribution < -0.4 is 10.2 Å². The van der Waals surface area contributed by atoms with E-state index in [1.807, 2.05) is 6.20 Å². The van der Waals surface area contributed by atoms with Crippen LogP contribution in [0.1, 0.15) is 39.0 Å². The Morgan fingerprint density at radius 2 is 2.17 bits per heavy atom. The SMILES string of the molecule is CCCNc1ncc(Br)c(N(C)C2CCCC2)n1. The molecule has 1 aliphatic rings. The molecule has 0 unspecified atom stereocenters. The zero-order chi connectivity index (χ0) is 13.0. The summed E-state index contributed by atoms with van der Waals surface area (Å²) in [6.07, 6.45) is 8.12. The molecule has 100 valence electrons. The van der Waals surface area contributed by atoms with Crippen molar-refractivity contribution >= 4 is 27.7 Å². The molecule has 0 atom stereocenters. The molecule has 1 saturated carbocycles. The van der Waals surface area contributed by atoms with E-state index >= 15 is 0 Å². The lowest BCUT2D eigenvalue weighted by Gasteiger charge is -2.26. The Hall–Kier alpha value is -0.840. The summed E-state index contributed by atoms with van der Waals surface area (Å²) in [5.41, 5.74) is 0. The number of nitrogens with zero attached hydrogens (tertiary/aromatic N) is 3. The summed E-state index contributed by atoms with van der Waals surface area (Å²) in [7, 11) is 2.13. The minimum absolute atomic E-state index is 0.621. The zero-order valence-electron chi connectivity index (χ0n) is 11.1. The molecule has 5 heteroatoms. The van der Waals surface area contributed by atoms with Crippen molar-refractivity contribution in [2.45, 2.75) is 45.1 Å². The maximum Gasteiger partial charge on any atom is 0.224 e. The molecule has 0 radical (unpaired) electrons. The fourth-order valence-corrected chi connectivity index (χ4v) is 2.86. The number of rotatable bonds is 5. The van der Waals surface area contributed by atoms with E-state index in [2.05, 4.69) is 50.1 Å². The number of aromatic nitrogens is 2. The van der Waals surface area contributed by atoms with Gasteiger partial charge in [0.15, 0.2) is 0 Å². The molecule has 2 rings (SSSR count). The van der Waals surface area contributed by atoms with Crippen LogP contribution >= 0.6 is 15.9 Å². The third-order valence-corrected chi connectivity index (χ3v) is 4.02. The van der Waals surface area contributed by atoms with Crippen LogP contribution in [0.4, 0.5) is 11.8 Å². The highest BCUT2D eigenvalue weighted by molar-refractivity contribution is 9.10. The quantitative estimate of drug-likeness (QED) is 0.904. The first kappa shape index (κ1) is 13.6. The molecule has 1 aromatic heterocycles. The van der Waals surface area contributed by atoms with Crippen LogP contribution in [0.3, 0.4) is 0 Å². The first-order valence-electron chi connectivity index (χ1n) is 6.71. The Labute approximate surface area is 117 Å². The van der Waals surface area contributed by atoms with Crippen LogP contribution in [0.2, 0.25) is 0 Å². The fourth-order valence-electron chi connectivity index (χ4n) is 2.39. The van der Waals surface area contributed by atoms with Crippen LogP contribution in [-0.2, 0) is 0 Å². The van der Waals surface area contributed by atoms with E-state index in [1.54, 1.807) is 0 Å². The molecule has 1 aromatic rings. The normalized spacial score (nSPS) is 15.9. The molecular formula is C13H21BrN4. The maximum atomic E-state index is 4.61. The average Bonchev–Trinajstić information content (AvgIpc) is 2.91. The predicted molar refractivity (Wildman–Crippen MR) is 79.2 cm³/mol. The van der Waals surface area contributed by atoms with Crippen LogP contribution in [0.5, 0.6) is 0 Å². The standard InChI is InChI=1S/C13H21BrN4/c1-3-8-15-13-16-9-11(14)12(17-13)18(2)10-6-4-5-7-10/h9-10H,3-8H2,1-2H3,(H,15,16,17). The lowest BCUT2D eigenvalue weighted by Crippen LogP contribution is -2.30. The van der Waals surface area contributed by atoms with E-state index < -0.39 is 0 Å². The van der Waals surface area contributed by atoms with Gasteiger partial charge in [0.25, 0.3) is 0 Å². The highest BCUT2D eigenvalue weighted by Crippen LogP contribution is 2.30. The van der Waals surface area contributed by atoms with Gasteiger partial charge >= 0.3 is 0 Å². The molecule has 1 N–H and O–H groups in total. The van der Waals surface area contributed by atoms with Crippen LogP contribution in [0.15, 0.2) is 10.7 Å². The average molecular weight is 313 g/mol. The van der Waals surface area contributed by atoms with E-state index in [-0.39, 0.29) is 0 Å². The van der Waals surface area contributed by atoms with Crippen LogP contribution in [0.25, 0.3) is 0 Å². The first-order chi connectivity index (χ1) is 8.72. The number of hydrogen-bond acceptors (Lipinski definition) is 4. The van der Waals surface area contributed by atoms with E-state index in [0.717, 1.165) is 29.2 Å². The Bertz CT molecular complexity index is 391. The van der Waals surface area contributed by atoms with Gasteiger partial charge in [0.1, 0.15) is 5.82 Å². The smallest absolute Gasteiger partial charge is 0.224 e. The Kier molecular flexibility index (Phi) is 4.80. The molecule has 0 amide bonds. The van der Waals surface area contributed by atoms with E-state index in [1.165, 1.54) is 25.7 Å². The second kappa shape index (κ2) is 6.36. The molecule has 0 aliphatic heterocycles. The molecule has 0 spiro atoms. The van der Waals surface area contributed by atoms with Crippen molar-refractivity contribution in [3.05, 3.63) is 10.7 Å². The molecule has 0 bridgehead atoms. The van der Waals surface area contributed by atoms with Crippen LogP contribution in [-0.4, -0.2) is 29.6 Å². The Balaban J connectivity index is 2.14. The largest absolute Gasteiger partial charge is 0.356 e. The minimum Gasteiger partial charge on any atom is -0.356 e. The topological polar surface area (TPSA) is 41.1 Å². The first-order valence-corrected chi connectivity index (χ1v) is 7.51. The Morgan fingerprint density at radius 1 is 1.44 bits per heavy atom. The van der Waals surface area contributed by atoms with E-state index in [4.69, 9.17) is 0 Å². The van der Waals surface area contributed by atoms with Gasteiger partial charge in [-0.05, 0) is 35.2 Å². The zero-order valence-corrected chi connectivity index (χ0v) is 12.7. The van der Waals surface area contributed by atoms with E-state index in [9.17, 15) is 0 Å². The van der Waals surface area contributed by atoms with Gasteiger partial charge < -0.3 is 10.2 Å². The van der Waals surface area contributed by atoms with Crippen molar-refractivity contribution in [2.75, 3.05) is 23.8 Å². The monoisotopic (exact) mass is 312 g/mol. The predicted octanol–water partition coefficient (Wildman–Crippen LogP) is 3.44. The lowest BCUT2D eigenvalue weighted by molar-refractivity contribution is 0.644. The summed E-state index contributed by atoms with van der Waals surface area (Å²) in [4.78, 5) is 11.2. The van der Waals surface area contributed by atoms with Crippen molar-refractivity contribution in [3.63, 3.8) is 0 Å². The van der Waals surface area contributed by atoms with Gasteiger partial charge in [-0.15, -0.1) is 0 Å². The van der Waals surface area contributed by atoms with Gasteiger partial charge in [-0.2, -0.15) is 4.98 Å². The highest BCUT2D eigenvalue weighted by atomic mass is 79.9. The van der Waals surface area contributed by atoms with Gasteiger partial charge in [0.2, 0.25) is 5.95 Å². The lowest BCUT2D eigenvalue weighted by atomic mass is 10.2. The number of nitrogens with one attached hydrogen (secondary N) is 1. The van der Waals surface area contributed by atoms with Crippen molar-refractivity contribution in [1.82, 2.24) is 9.97 Å². The molecular weight excluding hydrogens is 292 g/mol. The fraction of sp³-hybridized carbons (Fsp3) is 0.692. The maximum absolute atomic E-state index is 4.61. The summed E-state index contributed by atoms with van der Waals surface area (Å²) in [5, 5.41) is 3.24.